The fourth-order valence-electron chi connectivity index (χ4n) is 1.71. The number of hydrogen-bond donors (Lipinski definition) is 0. The summed E-state index contributed by atoms with van der Waals surface area (Å²) in [5.41, 5.74) is 0.633. The number of hydrogen-bond acceptors (Lipinski definition) is 5. The summed E-state index contributed by atoms with van der Waals surface area (Å²) in [6.07, 6.45) is 3.43. The van der Waals surface area contributed by atoms with E-state index in [9.17, 15) is 8.42 Å². The van der Waals surface area contributed by atoms with Gasteiger partial charge >= 0.3 is 10.4 Å². The van der Waals surface area contributed by atoms with Crippen LogP contribution in [0.25, 0.3) is 0 Å². The molecule has 0 aromatic heterocycles. The third-order valence-electron chi connectivity index (χ3n) is 2.38. The highest BCUT2D eigenvalue weighted by atomic mass is 32.3. The Morgan fingerprint density at radius 3 is 2.44 bits per heavy atom. The molecule has 1 aromatic rings. The van der Waals surface area contributed by atoms with Crippen LogP contribution >= 0.6 is 0 Å². The summed E-state index contributed by atoms with van der Waals surface area (Å²) in [5.74, 6) is 0.409. The van der Waals surface area contributed by atoms with Crippen LogP contribution in [0.5, 0.6) is 11.5 Å². The first-order valence-corrected chi connectivity index (χ1v) is 6.64. The topological polar surface area (TPSA) is 55.8 Å². The molecule has 5 nitrogen and oxygen atoms in total. The Bertz CT molecular complexity index is 570. The smallest absolute Gasteiger partial charge is 0.361 e. The van der Waals surface area contributed by atoms with Crippen LogP contribution in [-0.4, -0.2) is 21.5 Å². The molecule has 2 rings (SSSR count). The third kappa shape index (κ3) is 2.33. The standard InChI is InChI=1S/C12H13NO4S/c1-3-8-13(9-4-2)10-6-5-7-11-12(10)17-18(14,15)16-11/h3-7H,1-2,8-9H2. The second kappa shape index (κ2) is 4.73. The highest BCUT2D eigenvalue weighted by molar-refractivity contribution is 7.82. The SMILES string of the molecule is C=CCN(CC=C)c1cccc2c1OS(=O)(=O)O2. The molecule has 0 bridgehead atoms. The Hall–Kier alpha value is -1.95. The molecule has 0 radical (unpaired) electrons. The molecule has 1 aromatic carbocycles. The van der Waals surface area contributed by atoms with Gasteiger partial charge in [0, 0.05) is 13.1 Å². The maximum atomic E-state index is 11.3. The highest BCUT2D eigenvalue weighted by Crippen LogP contribution is 2.43. The molecule has 1 aliphatic heterocycles. The van der Waals surface area contributed by atoms with Gasteiger partial charge in [0.2, 0.25) is 5.75 Å². The number of anilines is 1. The number of nitrogens with zero attached hydrogens (tertiary/aromatic N) is 1. The number of rotatable bonds is 5. The van der Waals surface area contributed by atoms with E-state index in [0.717, 1.165) is 0 Å². The van der Waals surface area contributed by atoms with Crippen LogP contribution in [0.2, 0.25) is 0 Å². The summed E-state index contributed by atoms with van der Waals surface area (Å²) < 4.78 is 32.1. The van der Waals surface area contributed by atoms with Gasteiger partial charge in [0.15, 0.2) is 5.75 Å². The van der Waals surface area contributed by atoms with Gasteiger partial charge in [0.1, 0.15) is 0 Å². The maximum absolute atomic E-state index is 11.3. The lowest BCUT2D eigenvalue weighted by Crippen LogP contribution is -2.23. The van der Waals surface area contributed by atoms with E-state index >= 15 is 0 Å². The average Bonchev–Trinajstić information content (AvgIpc) is 2.62. The molecule has 0 saturated heterocycles. The Kier molecular flexibility index (Phi) is 3.29. The van der Waals surface area contributed by atoms with Crippen molar-refractivity contribution in [3.8, 4) is 11.5 Å². The summed E-state index contributed by atoms with van der Waals surface area (Å²) in [7, 11) is -3.97. The Labute approximate surface area is 106 Å². The van der Waals surface area contributed by atoms with Crippen LogP contribution in [0.15, 0.2) is 43.5 Å². The fraction of sp³-hybridized carbons (Fsp3) is 0.167. The maximum Gasteiger partial charge on any atom is 0.501 e. The monoisotopic (exact) mass is 267 g/mol. The number of para-hydroxylation sites is 1. The Balaban J connectivity index is 2.43. The molecule has 6 heteroatoms. The minimum Gasteiger partial charge on any atom is -0.361 e. The molecular weight excluding hydrogens is 254 g/mol. The molecule has 0 amide bonds. The quantitative estimate of drug-likeness (QED) is 0.762. The predicted molar refractivity (Wildman–Crippen MR) is 69.2 cm³/mol. The van der Waals surface area contributed by atoms with Gasteiger partial charge in [-0.3, -0.25) is 0 Å². The van der Waals surface area contributed by atoms with Crippen molar-refractivity contribution >= 4 is 16.1 Å². The van der Waals surface area contributed by atoms with Crippen LogP contribution in [0, 0.1) is 0 Å². The summed E-state index contributed by atoms with van der Waals surface area (Å²) in [4.78, 5) is 1.88. The second-order valence-corrected chi connectivity index (χ2v) is 4.81. The number of fused-ring (bicyclic) bond motifs is 1. The van der Waals surface area contributed by atoms with Crippen LogP contribution < -0.4 is 13.3 Å². The Morgan fingerprint density at radius 1 is 1.17 bits per heavy atom. The summed E-state index contributed by atoms with van der Waals surface area (Å²) >= 11 is 0. The van der Waals surface area contributed by atoms with E-state index in [4.69, 9.17) is 8.37 Å². The van der Waals surface area contributed by atoms with Crippen molar-refractivity contribution in [3.05, 3.63) is 43.5 Å². The third-order valence-corrected chi connectivity index (χ3v) is 3.13. The average molecular weight is 267 g/mol. The zero-order valence-corrected chi connectivity index (χ0v) is 10.5. The largest absolute Gasteiger partial charge is 0.501 e. The normalized spacial score (nSPS) is 15.1. The zero-order chi connectivity index (χ0) is 13.2. The minimum absolute atomic E-state index is 0.200. The molecule has 1 heterocycles. The molecule has 0 saturated carbocycles. The first-order valence-electron chi connectivity index (χ1n) is 5.31. The van der Waals surface area contributed by atoms with E-state index in [-0.39, 0.29) is 11.5 Å². The molecule has 0 unspecified atom stereocenters. The van der Waals surface area contributed by atoms with Crippen molar-refractivity contribution in [2.45, 2.75) is 0 Å². The lowest BCUT2D eigenvalue weighted by molar-refractivity contribution is 0.436. The van der Waals surface area contributed by atoms with E-state index < -0.39 is 10.4 Å². The van der Waals surface area contributed by atoms with Crippen LogP contribution in [0.1, 0.15) is 0 Å². The second-order valence-electron chi connectivity index (χ2n) is 3.66. The predicted octanol–water partition coefficient (Wildman–Crippen LogP) is 1.88. The molecule has 0 N–H and O–H groups in total. The summed E-state index contributed by atoms with van der Waals surface area (Å²) in [6, 6.07) is 5.01. The van der Waals surface area contributed by atoms with Gasteiger partial charge in [-0.25, -0.2) is 0 Å². The lowest BCUT2D eigenvalue weighted by atomic mass is 10.2. The first kappa shape index (κ1) is 12.5. The van der Waals surface area contributed by atoms with Crippen molar-refractivity contribution in [2.24, 2.45) is 0 Å². The summed E-state index contributed by atoms with van der Waals surface area (Å²) in [6.45, 7) is 8.42. The van der Waals surface area contributed by atoms with Gasteiger partial charge in [0.25, 0.3) is 0 Å². The molecule has 1 aliphatic rings. The lowest BCUT2D eigenvalue weighted by Gasteiger charge is -2.22. The van der Waals surface area contributed by atoms with Gasteiger partial charge in [-0.05, 0) is 12.1 Å². The molecule has 0 aliphatic carbocycles. The molecule has 0 atom stereocenters. The van der Waals surface area contributed by atoms with E-state index in [1.807, 2.05) is 4.90 Å². The van der Waals surface area contributed by atoms with Crippen molar-refractivity contribution in [3.63, 3.8) is 0 Å². The molecular formula is C12H13NO4S. The van der Waals surface area contributed by atoms with E-state index in [1.54, 1.807) is 30.4 Å². The van der Waals surface area contributed by atoms with Crippen molar-refractivity contribution in [1.29, 1.82) is 0 Å². The van der Waals surface area contributed by atoms with Crippen LogP contribution in [0.3, 0.4) is 0 Å². The first-order chi connectivity index (χ1) is 8.57. The Morgan fingerprint density at radius 2 is 1.83 bits per heavy atom. The van der Waals surface area contributed by atoms with E-state index in [0.29, 0.717) is 18.8 Å². The number of benzene rings is 1. The summed E-state index contributed by atoms with van der Waals surface area (Å²) in [5, 5.41) is 0. The van der Waals surface area contributed by atoms with Crippen LogP contribution in [-0.2, 0) is 10.4 Å². The van der Waals surface area contributed by atoms with Crippen molar-refractivity contribution in [2.75, 3.05) is 18.0 Å². The van der Waals surface area contributed by atoms with Gasteiger partial charge in [-0.1, -0.05) is 18.2 Å². The highest BCUT2D eigenvalue weighted by Gasteiger charge is 2.31. The zero-order valence-electron chi connectivity index (χ0n) is 9.70. The van der Waals surface area contributed by atoms with Gasteiger partial charge < -0.3 is 13.3 Å². The van der Waals surface area contributed by atoms with Gasteiger partial charge in [0.05, 0.1) is 5.69 Å². The van der Waals surface area contributed by atoms with Crippen molar-refractivity contribution < 1.29 is 16.8 Å². The molecule has 0 spiro atoms. The van der Waals surface area contributed by atoms with E-state index in [2.05, 4.69) is 13.2 Å². The molecule has 18 heavy (non-hydrogen) atoms. The van der Waals surface area contributed by atoms with Gasteiger partial charge in [-0.15, -0.1) is 21.6 Å². The molecule has 0 fully saturated rings. The van der Waals surface area contributed by atoms with Crippen molar-refractivity contribution in [1.82, 2.24) is 0 Å². The van der Waals surface area contributed by atoms with Gasteiger partial charge in [-0.2, -0.15) is 0 Å². The van der Waals surface area contributed by atoms with Crippen LogP contribution in [0.4, 0.5) is 5.69 Å². The fourth-order valence-corrected chi connectivity index (χ4v) is 2.47. The molecule has 96 valence electrons. The minimum atomic E-state index is -3.97. The van der Waals surface area contributed by atoms with E-state index in [1.165, 1.54) is 0 Å².